The third-order valence-corrected chi connectivity index (χ3v) is 6.44. The molecule has 2 aromatic carbocycles. The van der Waals surface area contributed by atoms with Crippen LogP contribution in [0, 0.1) is 5.82 Å². The third-order valence-electron chi connectivity index (χ3n) is 6.09. The van der Waals surface area contributed by atoms with Gasteiger partial charge in [0, 0.05) is 66.4 Å². The number of halogens is 2. The quantitative estimate of drug-likeness (QED) is 0.504. The zero-order valence-corrected chi connectivity index (χ0v) is 19.8. The van der Waals surface area contributed by atoms with Crippen molar-refractivity contribution < 1.29 is 9.18 Å². The Morgan fingerprint density at radius 1 is 0.970 bits per heavy atom. The van der Waals surface area contributed by atoms with Crippen molar-refractivity contribution in [3.05, 3.63) is 76.2 Å². The van der Waals surface area contributed by atoms with E-state index in [1.807, 2.05) is 49.1 Å². The summed E-state index contributed by atoms with van der Waals surface area (Å²) in [5.41, 5.74) is 3.15. The number of carbonyl (C=O) groups excluding carboxylic acids is 1. The summed E-state index contributed by atoms with van der Waals surface area (Å²) in [5.74, 6) is 1.28. The number of hydrogen-bond donors (Lipinski definition) is 0. The summed E-state index contributed by atoms with van der Waals surface area (Å²) in [6.45, 7) is 6.54. The maximum absolute atomic E-state index is 14.7. The summed E-state index contributed by atoms with van der Waals surface area (Å²) in [6, 6.07) is 14.6. The Bertz CT molecular complexity index is 1110. The highest BCUT2D eigenvalue weighted by Crippen LogP contribution is 2.31. The van der Waals surface area contributed by atoms with Gasteiger partial charge in [-0.05, 0) is 18.6 Å². The number of amides is 1. The molecule has 4 rings (SSSR count). The highest BCUT2D eigenvalue weighted by atomic mass is 35.5. The molecule has 1 fully saturated rings. The third kappa shape index (κ3) is 5.01. The Kier molecular flexibility index (Phi) is 7.23. The maximum atomic E-state index is 14.7. The van der Waals surface area contributed by atoms with Gasteiger partial charge in [-0.3, -0.25) is 4.79 Å². The molecule has 0 spiro atoms. The van der Waals surface area contributed by atoms with Gasteiger partial charge in [0.05, 0.1) is 0 Å². The number of nitrogens with zero attached hydrogens (tertiary/aromatic N) is 4. The van der Waals surface area contributed by atoms with Crippen molar-refractivity contribution in [3.63, 3.8) is 0 Å². The number of piperazine rings is 1. The van der Waals surface area contributed by atoms with Gasteiger partial charge in [-0.25, -0.2) is 14.4 Å². The summed E-state index contributed by atoms with van der Waals surface area (Å²) in [5, 5.41) is 0.397. The summed E-state index contributed by atoms with van der Waals surface area (Å²) in [6.07, 6.45) is 1.50. The standard InChI is InChI=1S/C26H28ClFN4O/c1-3-23-20(17-19-21(27)11-8-12-22(19)28)26(30-25(29-23)18-9-6-5-7-10-18)32-15-13-31(14-16-32)24(33)4-2/h5-12H,3-4,13-17H2,1-2H3. The van der Waals surface area contributed by atoms with Crippen molar-refractivity contribution in [1.29, 1.82) is 0 Å². The van der Waals surface area contributed by atoms with E-state index in [9.17, 15) is 9.18 Å². The van der Waals surface area contributed by atoms with Gasteiger partial charge in [0.25, 0.3) is 0 Å². The molecule has 7 heteroatoms. The molecular weight excluding hydrogens is 439 g/mol. The molecule has 0 aliphatic carbocycles. The average molecular weight is 467 g/mol. The lowest BCUT2D eigenvalue weighted by Crippen LogP contribution is -2.49. The monoisotopic (exact) mass is 466 g/mol. The van der Waals surface area contributed by atoms with Crippen molar-refractivity contribution in [2.24, 2.45) is 0 Å². The molecule has 3 aromatic rings. The molecule has 1 saturated heterocycles. The van der Waals surface area contributed by atoms with Crippen molar-refractivity contribution in [2.45, 2.75) is 33.1 Å². The number of hydrogen-bond acceptors (Lipinski definition) is 4. The predicted molar refractivity (Wildman–Crippen MR) is 130 cm³/mol. The molecular formula is C26H28ClFN4O. The van der Waals surface area contributed by atoms with Gasteiger partial charge in [0.1, 0.15) is 11.6 Å². The van der Waals surface area contributed by atoms with Crippen LogP contribution in [0.25, 0.3) is 11.4 Å². The molecule has 1 aliphatic rings. The molecule has 1 aliphatic heterocycles. The van der Waals surface area contributed by atoms with Gasteiger partial charge >= 0.3 is 0 Å². The number of rotatable bonds is 6. The van der Waals surface area contributed by atoms with Crippen LogP contribution in [0.2, 0.25) is 5.02 Å². The van der Waals surface area contributed by atoms with E-state index in [0.717, 1.165) is 22.6 Å². The van der Waals surface area contributed by atoms with Crippen LogP contribution in [0.4, 0.5) is 10.2 Å². The van der Waals surface area contributed by atoms with Crippen LogP contribution >= 0.6 is 11.6 Å². The van der Waals surface area contributed by atoms with Crippen LogP contribution in [0.15, 0.2) is 48.5 Å². The molecule has 0 N–H and O–H groups in total. The second-order valence-corrected chi connectivity index (χ2v) is 8.52. The first-order valence-electron chi connectivity index (χ1n) is 11.4. The SMILES string of the molecule is CCC(=O)N1CCN(c2nc(-c3ccccc3)nc(CC)c2Cc2c(F)cccc2Cl)CC1. The Morgan fingerprint density at radius 2 is 1.70 bits per heavy atom. The summed E-state index contributed by atoms with van der Waals surface area (Å²) < 4.78 is 14.7. The second-order valence-electron chi connectivity index (χ2n) is 8.11. The minimum absolute atomic E-state index is 0.162. The van der Waals surface area contributed by atoms with Crippen molar-refractivity contribution in [2.75, 3.05) is 31.1 Å². The number of aromatic nitrogens is 2. The normalized spacial score (nSPS) is 13.9. The van der Waals surface area contributed by atoms with Gasteiger partial charge in [-0.2, -0.15) is 0 Å². The average Bonchev–Trinajstić information content (AvgIpc) is 2.86. The summed E-state index contributed by atoms with van der Waals surface area (Å²) in [4.78, 5) is 26.1. The minimum Gasteiger partial charge on any atom is -0.353 e. The van der Waals surface area contributed by atoms with Gasteiger partial charge < -0.3 is 9.80 Å². The van der Waals surface area contributed by atoms with E-state index in [1.165, 1.54) is 6.07 Å². The molecule has 33 heavy (non-hydrogen) atoms. The molecule has 172 valence electrons. The minimum atomic E-state index is -0.332. The van der Waals surface area contributed by atoms with Gasteiger partial charge in [0.2, 0.25) is 5.91 Å². The molecule has 0 saturated carbocycles. The molecule has 0 atom stereocenters. The van der Waals surface area contributed by atoms with E-state index in [4.69, 9.17) is 21.6 Å². The van der Waals surface area contributed by atoms with E-state index < -0.39 is 0 Å². The van der Waals surface area contributed by atoms with E-state index in [0.29, 0.717) is 61.9 Å². The second kappa shape index (κ2) is 10.3. The fourth-order valence-corrected chi connectivity index (χ4v) is 4.47. The number of aryl methyl sites for hydroxylation is 1. The van der Waals surface area contributed by atoms with Crippen molar-refractivity contribution in [3.8, 4) is 11.4 Å². The number of benzene rings is 2. The first kappa shape index (κ1) is 23.2. The van der Waals surface area contributed by atoms with Crippen LogP contribution in [-0.4, -0.2) is 47.0 Å². The Morgan fingerprint density at radius 3 is 2.33 bits per heavy atom. The molecule has 0 radical (unpaired) electrons. The van der Waals surface area contributed by atoms with Crippen molar-refractivity contribution >= 4 is 23.3 Å². The first-order valence-corrected chi connectivity index (χ1v) is 11.8. The van der Waals surface area contributed by atoms with Crippen molar-refractivity contribution in [1.82, 2.24) is 14.9 Å². The summed E-state index contributed by atoms with van der Waals surface area (Å²) in [7, 11) is 0. The number of carbonyl (C=O) groups is 1. The van der Waals surface area contributed by atoms with Crippen LogP contribution < -0.4 is 4.90 Å². The lowest BCUT2D eigenvalue weighted by Gasteiger charge is -2.36. The Labute approximate surface area is 199 Å². The van der Waals surface area contributed by atoms with E-state index in [-0.39, 0.29) is 11.7 Å². The van der Waals surface area contributed by atoms with Gasteiger partial charge in [-0.1, -0.05) is 61.8 Å². The lowest BCUT2D eigenvalue weighted by atomic mass is 10.0. The smallest absolute Gasteiger partial charge is 0.222 e. The van der Waals surface area contributed by atoms with Crippen LogP contribution in [0.5, 0.6) is 0 Å². The molecule has 2 heterocycles. The zero-order valence-electron chi connectivity index (χ0n) is 19.0. The molecule has 1 amide bonds. The molecule has 0 bridgehead atoms. The van der Waals surface area contributed by atoms with Crippen LogP contribution in [-0.2, 0) is 17.6 Å². The maximum Gasteiger partial charge on any atom is 0.222 e. The van der Waals surface area contributed by atoms with Gasteiger partial charge in [-0.15, -0.1) is 0 Å². The zero-order chi connectivity index (χ0) is 23.4. The Balaban J connectivity index is 1.78. The fraction of sp³-hybridized carbons (Fsp3) is 0.346. The van der Waals surface area contributed by atoms with E-state index >= 15 is 0 Å². The highest BCUT2D eigenvalue weighted by Gasteiger charge is 2.26. The number of anilines is 1. The highest BCUT2D eigenvalue weighted by molar-refractivity contribution is 6.31. The van der Waals surface area contributed by atoms with E-state index in [2.05, 4.69) is 4.90 Å². The molecule has 0 unspecified atom stereocenters. The lowest BCUT2D eigenvalue weighted by molar-refractivity contribution is -0.131. The largest absolute Gasteiger partial charge is 0.353 e. The summed E-state index contributed by atoms with van der Waals surface area (Å²) >= 11 is 6.37. The topological polar surface area (TPSA) is 49.3 Å². The van der Waals surface area contributed by atoms with Gasteiger partial charge in [0.15, 0.2) is 5.82 Å². The molecule has 5 nitrogen and oxygen atoms in total. The fourth-order valence-electron chi connectivity index (χ4n) is 4.24. The Hall–Kier alpha value is -2.99. The van der Waals surface area contributed by atoms with E-state index in [1.54, 1.807) is 12.1 Å². The van der Waals surface area contributed by atoms with Crippen LogP contribution in [0.3, 0.4) is 0 Å². The first-order chi connectivity index (χ1) is 16.0. The molecule has 1 aromatic heterocycles. The van der Waals surface area contributed by atoms with Crippen LogP contribution in [0.1, 0.15) is 37.1 Å². The predicted octanol–water partition coefficient (Wildman–Crippen LogP) is 5.15.